The van der Waals surface area contributed by atoms with Gasteiger partial charge in [-0.05, 0) is 57.6 Å². The van der Waals surface area contributed by atoms with Gasteiger partial charge in [-0.15, -0.1) is 0 Å². The first-order valence-electron chi connectivity index (χ1n) is 8.92. The normalized spacial score (nSPS) is 18.7. The van der Waals surface area contributed by atoms with E-state index in [4.69, 9.17) is 13.7 Å². The van der Waals surface area contributed by atoms with Crippen LogP contribution in [0.15, 0.2) is 41.3 Å². The van der Waals surface area contributed by atoms with Gasteiger partial charge in [0.05, 0.1) is 18.1 Å². The predicted molar refractivity (Wildman–Crippen MR) is 96.9 cm³/mol. The summed E-state index contributed by atoms with van der Waals surface area (Å²) in [5.74, 6) is 0. The van der Waals surface area contributed by atoms with Crippen molar-refractivity contribution in [2.45, 2.75) is 56.6 Å². The lowest BCUT2D eigenvalue weighted by Crippen LogP contribution is -2.22. The Labute approximate surface area is 151 Å². The molecule has 6 heteroatoms. The summed E-state index contributed by atoms with van der Waals surface area (Å²) < 4.78 is 40.2. The lowest BCUT2D eigenvalue weighted by molar-refractivity contribution is -0.162. The van der Waals surface area contributed by atoms with Gasteiger partial charge in [-0.25, -0.2) is 0 Å². The van der Waals surface area contributed by atoms with Gasteiger partial charge in [0.2, 0.25) is 0 Å². The molecule has 1 saturated heterocycles. The second-order valence-corrected chi connectivity index (χ2v) is 7.77. The van der Waals surface area contributed by atoms with E-state index in [1.807, 2.05) is 19.1 Å². The Morgan fingerprint density at radius 3 is 2.60 bits per heavy atom. The van der Waals surface area contributed by atoms with E-state index in [2.05, 4.69) is 0 Å². The fraction of sp³-hybridized carbons (Fsp3) is 0.579. The van der Waals surface area contributed by atoms with Crippen molar-refractivity contribution in [2.75, 3.05) is 19.8 Å². The second-order valence-electron chi connectivity index (χ2n) is 6.16. The molecular formula is C19H28O5S. The highest BCUT2D eigenvalue weighted by molar-refractivity contribution is 7.86. The zero-order valence-electron chi connectivity index (χ0n) is 14.9. The molecule has 0 amide bonds. The number of allylic oxidation sites excluding steroid dienone is 1. The average molecular weight is 368 g/mol. The van der Waals surface area contributed by atoms with E-state index in [-0.39, 0.29) is 17.8 Å². The number of unbranched alkanes of at least 4 members (excludes halogenated alkanes) is 1. The van der Waals surface area contributed by atoms with Gasteiger partial charge < -0.3 is 9.47 Å². The summed E-state index contributed by atoms with van der Waals surface area (Å²) >= 11 is 0. The van der Waals surface area contributed by atoms with Gasteiger partial charge in [0.15, 0.2) is 6.29 Å². The molecule has 1 aromatic carbocycles. The molecule has 1 heterocycles. The molecule has 5 nitrogen and oxygen atoms in total. The first kappa shape index (κ1) is 20.1. The number of ether oxygens (including phenoxy) is 2. The van der Waals surface area contributed by atoms with E-state index >= 15 is 0 Å². The van der Waals surface area contributed by atoms with Gasteiger partial charge in [0, 0.05) is 6.61 Å². The molecule has 25 heavy (non-hydrogen) atoms. The second kappa shape index (κ2) is 10.7. The lowest BCUT2D eigenvalue weighted by Gasteiger charge is -2.22. The Balaban J connectivity index is 1.54. The van der Waals surface area contributed by atoms with Gasteiger partial charge >= 0.3 is 0 Å². The molecule has 0 aliphatic carbocycles. The maximum Gasteiger partial charge on any atom is 0.296 e. The molecule has 0 bridgehead atoms. The predicted octanol–water partition coefficient (Wildman–Crippen LogP) is 3.97. The minimum atomic E-state index is -3.66. The molecule has 2 rings (SSSR count). The summed E-state index contributed by atoms with van der Waals surface area (Å²) in [6.45, 7) is 3.55. The molecule has 140 valence electrons. The topological polar surface area (TPSA) is 61.8 Å². The van der Waals surface area contributed by atoms with E-state index in [0.29, 0.717) is 13.0 Å². The van der Waals surface area contributed by atoms with Crippen LogP contribution in [0.4, 0.5) is 0 Å². The zero-order chi connectivity index (χ0) is 18.0. The number of rotatable bonds is 10. The van der Waals surface area contributed by atoms with Crippen LogP contribution >= 0.6 is 0 Å². The SMILES string of the molecule is Cc1ccc(S(=O)(=O)OCC/C=C\CCCO[C@@H]2CCCCO2)cc1. The maximum atomic E-state index is 12.0. The van der Waals surface area contributed by atoms with Crippen molar-refractivity contribution < 1.29 is 22.1 Å². The largest absolute Gasteiger partial charge is 0.353 e. The van der Waals surface area contributed by atoms with E-state index in [9.17, 15) is 8.42 Å². The Kier molecular flexibility index (Phi) is 8.61. The molecular weight excluding hydrogens is 340 g/mol. The molecule has 1 aromatic rings. The van der Waals surface area contributed by atoms with Crippen molar-refractivity contribution in [3.8, 4) is 0 Å². The van der Waals surface area contributed by atoms with E-state index in [1.165, 1.54) is 6.42 Å². The number of benzene rings is 1. The van der Waals surface area contributed by atoms with Crippen molar-refractivity contribution in [3.63, 3.8) is 0 Å². The Morgan fingerprint density at radius 2 is 1.88 bits per heavy atom. The van der Waals surface area contributed by atoms with E-state index in [1.54, 1.807) is 24.3 Å². The van der Waals surface area contributed by atoms with Crippen LogP contribution in [0, 0.1) is 6.92 Å². The molecule has 0 radical (unpaired) electrons. The van der Waals surface area contributed by atoms with Crippen molar-refractivity contribution in [1.29, 1.82) is 0 Å². The standard InChI is InChI=1S/C19H28O5S/c1-17-10-12-18(13-11-17)25(20,21)24-16-7-4-2-3-6-14-22-19-9-5-8-15-23-19/h2,4,10-13,19H,3,5-9,14-16H2,1H3/b4-2-/t19-/m0/s1. The van der Waals surface area contributed by atoms with Gasteiger partial charge in [0.25, 0.3) is 10.1 Å². The summed E-state index contributed by atoms with van der Waals surface area (Å²) in [6, 6.07) is 6.65. The number of hydrogen-bond donors (Lipinski definition) is 0. The van der Waals surface area contributed by atoms with Crippen molar-refractivity contribution in [1.82, 2.24) is 0 Å². The molecule has 0 saturated carbocycles. The molecule has 0 N–H and O–H groups in total. The summed E-state index contributed by atoms with van der Waals surface area (Å²) in [6.07, 6.45) is 9.64. The molecule has 0 aromatic heterocycles. The smallest absolute Gasteiger partial charge is 0.296 e. The van der Waals surface area contributed by atoms with Crippen LogP contribution in [0.1, 0.15) is 44.1 Å². The van der Waals surface area contributed by atoms with Crippen LogP contribution in [-0.4, -0.2) is 34.5 Å². The zero-order valence-corrected chi connectivity index (χ0v) is 15.7. The maximum absolute atomic E-state index is 12.0. The van der Waals surface area contributed by atoms with Crippen molar-refractivity contribution in [3.05, 3.63) is 42.0 Å². The van der Waals surface area contributed by atoms with Crippen LogP contribution in [-0.2, 0) is 23.8 Å². The first-order chi connectivity index (χ1) is 12.1. The average Bonchev–Trinajstić information content (AvgIpc) is 2.61. The molecule has 1 atom stereocenters. The van der Waals surface area contributed by atoms with Crippen LogP contribution in [0.2, 0.25) is 0 Å². The van der Waals surface area contributed by atoms with Crippen LogP contribution in [0.25, 0.3) is 0 Å². The number of hydrogen-bond acceptors (Lipinski definition) is 5. The summed E-state index contributed by atoms with van der Waals surface area (Å²) in [4.78, 5) is 0.198. The van der Waals surface area contributed by atoms with Crippen molar-refractivity contribution in [2.24, 2.45) is 0 Å². The van der Waals surface area contributed by atoms with Crippen LogP contribution < -0.4 is 0 Å². The third-order valence-electron chi connectivity index (χ3n) is 3.96. The van der Waals surface area contributed by atoms with Gasteiger partial charge in [-0.1, -0.05) is 29.8 Å². The molecule has 1 aliphatic heterocycles. The monoisotopic (exact) mass is 368 g/mol. The van der Waals surface area contributed by atoms with Crippen LogP contribution in [0.3, 0.4) is 0 Å². The van der Waals surface area contributed by atoms with Crippen molar-refractivity contribution >= 4 is 10.1 Å². The van der Waals surface area contributed by atoms with Gasteiger partial charge in [-0.2, -0.15) is 8.42 Å². The molecule has 1 aliphatic rings. The summed E-state index contributed by atoms with van der Waals surface area (Å²) in [7, 11) is -3.66. The summed E-state index contributed by atoms with van der Waals surface area (Å²) in [5, 5.41) is 0. The molecule has 0 spiro atoms. The first-order valence-corrected chi connectivity index (χ1v) is 10.3. The van der Waals surface area contributed by atoms with E-state index < -0.39 is 10.1 Å². The highest BCUT2D eigenvalue weighted by Gasteiger charge is 2.14. The lowest BCUT2D eigenvalue weighted by atomic mass is 10.2. The number of aryl methyl sites for hydroxylation is 1. The Bertz CT molecular complexity index is 616. The van der Waals surface area contributed by atoms with Crippen LogP contribution in [0.5, 0.6) is 0 Å². The Morgan fingerprint density at radius 1 is 1.12 bits per heavy atom. The summed E-state index contributed by atoms with van der Waals surface area (Å²) in [5.41, 5.74) is 1.01. The quantitative estimate of drug-likeness (QED) is 0.355. The fourth-order valence-corrected chi connectivity index (χ4v) is 3.41. The Hall–Kier alpha value is -1.21. The third-order valence-corrected chi connectivity index (χ3v) is 5.28. The molecule has 0 unspecified atom stereocenters. The van der Waals surface area contributed by atoms with Gasteiger partial charge in [0.1, 0.15) is 0 Å². The van der Waals surface area contributed by atoms with Gasteiger partial charge in [-0.3, -0.25) is 4.18 Å². The van der Waals surface area contributed by atoms with E-state index in [0.717, 1.165) is 37.9 Å². The third kappa shape index (κ3) is 7.69. The molecule has 1 fully saturated rings. The fourth-order valence-electron chi connectivity index (χ4n) is 2.49. The highest BCUT2D eigenvalue weighted by atomic mass is 32.2. The minimum absolute atomic E-state index is 0.0295. The highest BCUT2D eigenvalue weighted by Crippen LogP contribution is 2.15. The minimum Gasteiger partial charge on any atom is -0.353 e.